The highest BCUT2D eigenvalue weighted by Gasteiger charge is 2.23. The fourth-order valence-corrected chi connectivity index (χ4v) is 4.53. The molecule has 4 aromatic rings. The summed E-state index contributed by atoms with van der Waals surface area (Å²) in [5.41, 5.74) is 2.71. The van der Waals surface area contributed by atoms with Crippen LogP contribution < -0.4 is 15.8 Å². The van der Waals surface area contributed by atoms with E-state index in [-0.39, 0.29) is 11.6 Å². The van der Waals surface area contributed by atoms with Crippen LogP contribution in [0.15, 0.2) is 51.9 Å². The quantitative estimate of drug-likeness (QED) is 0.514. The first-order valence-corrected chi connectivity index (χ1v) is 11.1. The van der Waals surface area contributed by atoms with Gasteiger partial charge in [0.15, 0.2) is 10.8 Å². The number of benzene rings is 1. The molecule has 0 saturated carbocycles. The van der Waals surface area contributed by atoms with Crippen molar-refractivity contribution in [1.82, 2.24) is 19.5 Å². The fraction of sp³-hybridized carbons (Fsp3) is 0.273. The maximum Gasteiger partial charge on any atom is 0.321 e. The van der Waals surface area contributed by atoms with Crippen LogP contribution in [-0.4, -0.2) is 51.7 Å². The van der Waals surface area contributed by atoms with E-state index in [1.54, 1.807) is 23.3 Å². The maximum absolute atomic E-state index is 12.7. The number of rotatable bonds is 3. The summed E-state index contributed by atoms with van der Waals surface area (Å²) in [7, 11) is 0. The molecule has 9 nitrogen and oxygen atoms in total. The summed E-state index contributed by atoms with van der Waals surface area (Å²) >= 11 is 1.30. The topological polar surface area (TPSA) is 96.0 Å². The highest BCUT2D eigenvalue weighted by atomic mass is 32.1. The van der Waals surface area contributed by atoms with Crippen molar-refractivity contribution in [3.8, 4) is 10.8 Å². The van der Waals surface area contributed by atoms with Crippen molar-refractivity contribution in [3.63, 3.8) is 0 Å². The second-order valence-electron chi connectivity index (χ2n) is 7.75. The molecule has 1 aliphatic heterocycles. The van der Waals surface area contributed by atoms with Crippen molar-refractivity contribution >= 4 is 33.8 Å². The average molecular weight is 451 g/mol. The molecule has 1 aromatic carbocycles. The van der Waals surface area contributed by atoms with E-state index in [9.17, 15) is 9.59 Å². The van der Waals surface area contributed by atoms with Gasteiger partial charge in [-0.2, -0.15) is 4.52 Å². The summed E-state index contributed by atoms with van der Waals surface area (Å²) in [6, 6.07) is 10.9. The number of anilines is 2. The molecule has 0 atom stereocenters. The number of amides is 2. The first kappa shape index (κ1) is 20.3. The minimum Gasteiger partial charge on any atom is -0.462 e. The lowest BCUT2D eigenvalue weighted by Crippen LogP contribution is -2.50. The molecular weight excluding hydrogens is 428 g/mol. The number of fused-ring (bicyclic) bond motifs is 1. The molecule has 0 unspecified atom stereocenters. The van der Waals surface area contributed by atoms with Gasteiger partial charge in [0.2, 0.25) is 4.96 Å². The largest absolute Gasteiger partial charge is 0.462 e. The Morgan fingerprint density at radius 2 is 1.94 bits per heavy atom. The number of urea groups is 1. The summed E-state index contributed by atoms with van der Waals surface area (Å²) in [6.45, 7) is 6.24. The van der Waals surface area contributed by atoms with Gasteiger partial charge < -0.3 is 19.5 Å². The summed E-state index contributed by atoms with van der Waals surface area (Å²) in [5.74, 6) is 1.20. The number of piperazine rings is 1. The molecule has 3 aromatic heterocycles. The fourth-order valence-electron chi connectivity index (χ4n) is 3.66. The highest BCUT2D eigenvalue weighted by Crippen LogP contribution is 2.25. The van der Waals surface area contributed by atoms with Gasteiger partial charge in [-0.1, -0.05) is 23.5 Å². The summed E-state index contributed by atoms with van der Waals surface area (Å²) in [5, 5.41) is 7.93. The van der Waals surface area contributed by atoms with E-state index in [4.69, 9.17) is 4.42 Å². The van der Waals surface area contributed by atoms with Gasteiger partial charge in [0.05, 0.1) is 6.26 Å². The SMILES string of the molecule is Cc1ccc(C)c(NC(=O)N2CCN(c3cc(=O)n4nc(-c5ccco5)sc4n3)CC2)c1. The Balaban J connectivity index is 1.29. The second kappa shape index (κ2) is 8.12. The summed E-state index contributed by atoms with van der Waals surface area (Å²) < 4.78 is 6.67. The Bertz CT molecular complexity index is 1340. The van der Waals surface area contributed by atoms with Gasteiger partial charge in [0, 0.05) is 37.9 Å². The number of hydrogen-bond acceptors (Lipinski definition) is 7. The predicted octanol–water partition coefficient (Wildman–Crippen LogP) is 3.38. The standard InChI is InChI=1S/C22H22N6O3S/c1-14-5-6-15(2)16(12-14)23-21(30)27-9-7-26(8-10-27)18-13-19(29)28-22(24-18)32-20(25-28)17-4-3-11-31-17/h3-6,11-13H,7-10H2,1-2H3,(H,23,30). The van der Waals surface area contributed by atoms with Crippen molar-refractivity contribution in [2.45, 2.75) is 13.8 Å². The number of furan rings is 1. The van der Waals surface area contributed by atoms with Crippen LogP contribution in [0.4, 0.5) is 16.3 Å². The molecule has 4 heterocycles. The first-order chi connectivity index (χ1) is 15.5. The molecule has 0 spiro atoms. The van der Waals surface area contributed by atoms with Crippen molar-refractivity contribution in [2.75, 3.05) is 36.4 Å². The van der Waals surface area contributed by atoms with Crippen LogP contribution in [0.2, 0.25) is 0 Å². The number of carbonyl (C=O) groups is 1. The number of aryl methyl sites for hydroxylation is 2. The molecule has 2 amide bonds. The van der Waals surface area contributed by atoms with Gasteiger partial charge >= 0.3 is 6.03 Å². The Hall–Kier alpha value is -3.66. The molecule has 1 N–H and O–H groups in total. The molecule has 1 saturated heterocycles. The van der Waals surface area contributed by atoms with E-state index in [1.165, 1.54) is 21.9 Å². The van der Waals surface area contributed by atoms with Crippen LogP contribution in [0, 0.1) is 13.8 Å². The average Bonchev–Trinajstić information content (AvgIpc) is 3.46. The molecular formula is C22H22N6O3S. The third-order valence-electron chi connectivity index (χ3n) is 5.49. The summed E-state index contributed by atoms with van der Waals surface area (Å²) in [4.78, 5) is 34.3. The van der Waals surface area contributed by atoms with E-state index in [0.717, 1.165) is 16.8 Å². The Labute approximate surface area is 187 Å². The smallest absolute Gasteiger partial charge is 0.321 e. The molecule has 1 fully saturated rings. The van der Waals surface area contributed by atoms with Crippen LogP contribution in [0.1, 0.15) is 11.1 Å². The molecule has 0 radical (unpaired) electrons. The van der Waals surface area contributed by atoms with Gasteiger partial charge in [0.1, 0.15) is 5.82 Å². The van der Waals surface area contributed by atoms with E-state index >= 15 is 0 Å². The van der Waals surface area contributed by atoms with Crippen molar-refractivity contribution in [1.29, 1.82) is 0 Å². The Morgan fingerprint density at radius 3 is 2.69 bits per heavy atom. The summed E-state index contributed by atoms with van der Waals surface area (Å²) in [6.07, 6.45) is 1.57. The molecule has 10 heteroatoms. The van der Waals surface area contributed by atoms with Crippen LogP contribution >= 0.6 is 11.3 Å². The van der Waals surface area contributed by atoms with E-state index in [2.05, 4.69) is 15.4 Å². The minimum absolute atomic E-state index is 0.118. The molecule has 1 aliphatic rings. The molecule has 0 aliphatic carbocycles. The third-order valence-corrected chi connectivity index (χ3v) is 6.41. The lowest BCUT2D eigenvalue weighted by atomic mass is 10.1. The van der Waals surface area contributed by atoms with Crippen molar-refractivity contribution < 1.29 is 9.21 Å². The van der Waals surface area contributed by atoms with Crippen LogP contribution in [-0.2, 0) is 0 Å². The number of nitrogens with zero attached hydrogens (tertiary/aromatic N) is 5. The number of nitrogens with one attached hydrogen (secondary N) is 1. The number of aromatic nitrogens is 3. The number of hydrogen-bond donors (Lipinski definition) is 1. The Kier molecular flexibility index (Phi) is 5.14. The Morgan fingerprint density at radius 1 is 1.12 bits per heavy atom. The van der Waals surface area contributed by atoms with Crippen LogP contribution in [0.3, 0.4) is 0 Å². The van der Waals surface area contributed by atoms with Crippen molar-refractivity contribution in [3.05, 3.63) is 64.1 Å². The monoisotopic (exact) mass is 450 g/mol. The predicted molar refractivity (Wildman–Crippen MR) is 124 cm³/mol. The van der Waals surface area contributed by atoms with Gasteiger partial charge in [-0.15, -0.1) is 5.10 Å². The molecule has 0 bridgehead atoms. The van der Waals surface area contributed by atoms with Crippen LogP contribution in [0.5, 0.6) is 0 Å². The molecule has 5 rings (SSSR count). The minimum atomic E-state index is -0.242. The molecule has 32 heavy (non-hydrogen) atoms. The van der Waals surface area contributed by atoms with Gasteiger partial charge in [-0.3, -0.25) is 4.79 Å². The first-order valence-electron chi connectivity index (χ1n) is 10.3. The van der Waals surface area contributed by atoms with Gasteiger partial charge in [-0.25, -0.2) is 9.78 Å². The third kappa shape index (κ3) is 3.84. The zero-order valence-corrected chi connectivity index (χ0v) is 18.6. The lowest BCUT2D eigenvalue weighted by molar-refractivity contribution is 0.208. The normalized spacial score (nSPS) is 14.2. The van der Waals surface area contributed by atoms with Crippen molar-refractivity contribution in [2.24, 2.45) is 0 Å². The second-order valence-corrected chi connectivity index (χ2v) is 8.71. The van der Waals surface area contributed by atoms with E-state index in [1.807, 2.05) is 36.9 Å². The maximum atomic E-state index is 12.7. The number of carbonyl (C=O) groups excluding carboxylic acids is 1. The van der Waals surface area contributed by atoms with Crippen LogP contribution in [0.25, 0.3) is 15.7 Å². The highest BCUT2D eigenvalue weighted by molar-refractivity contribution is 7.19. The van der Waals surface area contributed by atoms with Gasteiger partial charge in [0.25, 0.3) is 5.56 Å². The molecule has 164 valence electrons. The zero-order valence-electron chi connectivity index (χ0n) is 17.7. The van der Waals surface area contributed by atoms with Gasteiger partial charge in [-0.05, 0) is 43.2 Å². The van der Waals surface area contributed by atoms with E-state index in [0.29, 0.717) is 47.7 Å². The van der Waals surface area contributed by atoms with E-state index < -0.39 is 0 Å². The lowest BCUT2D eigenvalue weighted by Gasteiger charge is -2.35. The zero-order chi connectivity index (χ0) is 22.2.